The number of carbonyl (C=O) groups is 1. The molecule has 0 fully saturated rings. The van der Waals surface area contributed by atoms with Gasteiger partial charge < -0.3 is 14.9 Å². The Labute approximate surface area is 98.7 Å². The molecular formula is C12H15FO4. The van der Waals surface area contributed by atoms with Gasteiger partial charge in [-0.25, -0.2) is 4.39 Å². The number of ether oxygens (including phenoxy) is 1. The fourth-order valence-corrected chi connectivity index (χ4v) is 1.44. The number of rotatable bonds is 5. The number of hydrogen-bond donors (Lipinski definition) is 2. The molecule has 0 amide bonds. The van der Waals surface area contributed by atoms with E-state index in [0.717, 1.165) is 12.1 Å². The van der Waals surface area contributed by atoms with E-state index in [9.17, 15) is 14.3 Å². The van der Waals surface area contributed by atoms with Crippen molar-refractivity contribution >= 4 is 5.97 Å². The van der Waals surface area contributed by atoms with Gasteiger partial charge in [0.05, 0.1) is 12.7 Å². The predicted octanol–water partition coefficient (Wildman–Crippen LogP) is 1.91. The Morgan fingerprint density at radius 2 is 2.18 bits per heavy atom. The maximum Gasteiger partial charge on any atom is 0.305 e. The van der Waals surface area contributed by atoms with E-state index >= 15 is 0 Å². The fraction of sp³-hybridized carbons (Fsp3) is 0.417. The summed E-state index contributed by atoms with van der Waals surface area (Å²) in [5.41, 5.74) is 0.242. The van der Waals surface area contributed by atoms with Crippen LogP contribution in [0.1, 0.15) is 31.4 Å². The standard InChI is InChI=1S/C12H15FO4/c1-2-17-12(16)4-3-11(15)8-5-9(13)7-10(14)6-8/h5-7,11,14-15H,2-4H2,1H3. The Kier molecular flexibility index (Phi) is 4.90. The zero-order valence-electron chi connectivity index (χ0n) is 9.52. The third kappa shape index (κ3) is 4.40. The number of hydrogen-bond acceptors (Lipinski definition) is 4. The summed E-state index contributed by atoms with van der Waals surface area (Å²) in [5, 5.41) is 18.9. The zero-order valence-corrected chi connectivity index (χ0v) is 9.52. The van der Waals surface area contributed by atoms with Crippen LogP contribution in [0.3, 0.4) is 0 Å². The SMILES string of the molecule is CCOC(=O)CCC(O)c1cc(O)cc(F)c1. The number of phenolic OH excluding ortho intramolecular Hbond substituents is 1. The molecular weight excluding hydrogens is 227 g/mol. The van der Waals surface area contributed by atoms with Crippen molar-refractivity contribution in [3.8, 4) is 5.75 Å². The average molecular weight is 242 g/mol. The molecule has 4 nitrogen and oxygen atoms in total. The van der Waals surface area contributed by atoms with Crippen LogP contribution in [0.4, 0.5) is 4.39 Å². The highest BCUT2D eigenvalue weighted by Crippen LogP contribution is 2.23. The third-order valence-electron chi connectivity index (χ3n) is 2.22. The molecule has 0 aliphatic rings. The number of phenols is 1. The molecule has 0 aliphatic carbocycles. The third-order valence-corrected chi connectivity index (χ3v) is 2.22. The largest absolute Gasteiger partial charge is 0.508 e. The van der Waals surface area contributed by atoms with Crippen molar-refractivity contribution in [2.75, 3.05) is 6.61 Å². The molecule has 1 atom stereocenters. The van der Waals surface area contributed by atoms with Crippen molar-refractivity contribution in [1.29, 1.82) is 0 Å². The van der Waals surface area contributed by atoms with Crippen LogP contribution in [-0.4, -0.2) is 22.8 Å². The topological polar surface area (TPSA) is 66.8 Å². The smallest absolute Gasteiger partial charge is 0.305 e. The molecule has 1 rings (SSSR count). The van der Waals surface area contributed by atoms with Crippen LogP contribution in [0.15, 0.2) is 18.2 Å². The fourth-order valence-electron chi connectivity index (χ4n) is 1.44. The molecule has 0 aliphatic heterocycles. The molecule has 1 aromatic rings. The number of carbonyl (C=O) groups excluding carboxylic acids is 1. The van der Waals surface area contributed by atoms with E-state index in [4.69, 9.17) is 9.84 Å². The first kappa shape index (κ1) is 13.4. The molecule has 0 saturated carbocycles. The van der Waals surface area contributed by atoms with Crippen LogP contribution >= 0.6 is 0 Å². The summed E-state index contributed by atoms with van der Waals surface area (Å²) in [6, 6.07) is 3.33. The maximum atomic E-state index is 12.9. The number of benzene rings is 1. The van der Waals surface area contributed by atoms with Gasteiger partial charge in [-0.1, -0.05) is 0 Å². The summed E-state index contributed by atoms with van der Waals surface area (Å²) < 4.78 is 17.6. The molecule has 5 heteroatoms. The van der Waals surface area contributed by atoms with Gasteiger partial charge in [0.25, 0.3) is 0 Å². The van der Waals surface area contributed by atoms with E-state index in [1.54, 1.807) is 6.92 Å². The van der Waals surface area contributed by atoms with Gasteiger partial charge in [0.2, 0.25) is 0 Å². The van der Waals surface area contributed by atoms with E-state index in [1.165, 1.54) is 6.07 Å². The van der Waals surface area contributed by atoms with Gasteiger partial charge in [0, 0.05) is 12.5 Å². The van der Waals surface area contributed by atoms with Crippen LogP contribution in [0, 0.1) is 5.82 Å². The van der Waals surface area contributed by atoms with Gasteiger partial charge in [0.15, 0.2) is 0 Å². The van der Waals surface area contributed by atoms with Gasteiger partial charge in [0.1, 0.15) is 11.6 Å². The highest BCUT2D eigenvalue weighted by atomic mass is 19.1. The highest BCUT2D eigenvalue weighted by Gasteiger charge is 2.12. The van der Waals surface area contributed by atoms with Gasteiger partial charge in [-0.3, -0.25) is 4.79 Å². The molecule has 2 N–H and O–H groups in total. The molecule has 0 bridgehead atoms. The second-order valence-electron chi connectivity index (χ2n) is 3.60. The quantitative estimate of drug-likeness (QED) is 0.774. The van der Waals surface area contributed by atoms with Crippen LogP contribution in [-0.2, 0) is 9.53 Å². The lowest BCUT2D eigenvalue weighted by Crippen LogP contribution is -2.07. The first-order chi connectivity index (χ1) is 8.02. The van der Waals surface area contributed by atoms with Crippen molar-refractivity contribution in [3.05, 3.63) is 29.6 Å². The van der Waals surface area contributed by atoms with Crippen molar-refractivity contribution in [1.82, 2.24) is 0 Å². The lowest BCUT2D eigenvalue weighted by Gasteiger charge is -2.11. The van der Waals surface area contributed by atoms with Gasteiger partial charge in [-0.05, 0) is 31.0 Å². The molecule has 1 aromatic carbocycles. The monoisotopic (exact) mass is 242 g/mol. The lowest BCUT2D eigenvalue weighted by atomic mass is 10.0. The number of aliphatic hydroxyl groups is 1. The van der Waals surface area contributed by atoms with Crippen LogP contribution in [0.5, 0.6) is 5.75 Å². The lowest BCUT2D eigenvalue weighted by molar-refractivity contribution is -0.143. The summed E-state index contributed by atoms with van der Waals surface area (Å²) in [5.74, 6) is -1.29. The first-order valence-corrected chi connectivity index (χ1v) is 5.36. The minimum atomic E-state index is -0.999. The van der Waals surface area contributed by atoms with Crippen molar-refractivity contribution in [2.24, 2.45) is 0 Å². The molecule has 0 aromatic heterocycles. The summed E-state index contributed by atoms with van der Waals surface area (Å²) in [7, 11) is 0. The molecule has 0 heterocycles. The molecule has 0 spiro atoms. The van der Waals surface area contributed by atoms with Gasteiger partial charge in [-0.15, -0.1) is 0 Å². The van der Waals surface area contributed by atoms with E-state index in [2.05, 4.69) is 0 Å². The van der Waals surface area contributed by atoms with Gasteiger partial charge in [-0.2, -0.15) is 0 Å². The summed E-state index contributed by atoms with van der Waals surface area (Å²) in [6.07, 6.45) is -0.824. The van der Waals surface area contributed by atoms with E-state index in [0.29, 0.717) is 0 Å². The van der Waals surface area contributed by atoms with Crippen LogP contribution < -0.4 is 0 Å². The minimum Gasteiger partial charge on any atom is -0.508 e. The van der Waals surface area contributed by atoms with Crippen molar-refractivity contribution in [3.63, 3.8) is 0 Å². The number of esters is 1. The highest BCUT2D eigenvalue weighted by molar-refractivity contribution is 5.69. The summed E-state index contributed by atoms with van der Waals surface area (Å²) in [6.45, 7) is 1.98. The Morgan fingerprint density at radius 1 is 1.47 bits per heavy atom. The summed E-state index contributed by atoms with van der Waals surface area (Å²) >= 11 is 0. The van der Waals surface area contributed by atoms with E-state index < -0.39 is 17.9 Å². The second-order valence-corrected chi connectivity index (χ2v) is 3.60. The Morgan fingerprint density at radius 3 is 2.76 bits per heavy atom. The molecule has 0 saturated heterocycles. The van der Waals surface area contributed by atoms with Crippen molar-refractivity contribution in [2.45, 2.75) is 25.9 Å². The van der Waals surface area contributed by atoms with Crippen LogP contribution in [0.2, 0.25) is 0 Å². The molecule has 94 valence electrons. The Balaban J connectivity index is 2.57. The molecule has 1 unspecified atom stereocenters. The van der Waals surface area contributed by atoms with E-state index in [1.807, 2.05) is 0 Å². The molecule has 17 heavy (non-hydrogen) atoms. The second kappa shape index (κ2) is 6.20. The van der Waals surface area contributed by atoms with Crippen molar-refractivity contribution < 1.29 is 24.1 Å². The summed E-state index contributed by atoms with van der Waals surface area (Å²) in [4.78, 5) is 11.1. The number of aliphatic hydroxyl groups excluding tert-OH is 1. The Hall–Kier alpha value is -1.62. The first-order valence-electron chi connectivity index (χ1n) is 5.36. The molecule has 0 radical (unpaired) electrons. The van der Waals surface area contributed by atoms with Gasteiger partial charge >= 0.3 is 5.97 Å². The number of halogens is 1. The normalized spacial score (nSPS) is 12.2. The maximum absolute atomic E-state index is 12.9. The van der Waals surface area contributed by atoms with E-state index in [-0.39, 0.29) is 30.8 Å². The minimum absolute atomic E-state index is 0.0479. The Bertz CT molecular complexity index is 372. The van der Waals surface area contributed by atoms with Crippen LogP contribution in [0.25, 0.3) is 0 Å². The zero-order chi connectivity index (χ0) is 12.8. The average Bonchev–Trinajstić information content (AvgIpc) is 2.25. The number of aromatic hydroxyl groups is 1. The predicted molar refractivity (Wildman–Crippen MR) is 58.9 cm³/mol.